The van der Waals surface area contributed by atoms with E-state index in [-0.39, 0.29) is 22.0 Å². The monoisotopic (exact) mass is 548 g/mol. The summed E-state index contributed by atoms with van der Waals surface area (Å²) in [7, 11) is -5.47. The van der Waals surface area contributed by atoms with Crippen molar-refractivity contribution in [2.24, 2.45) is 0 Å². The maximum Gasteiger partial charge on any atom is 0.427 e. The van der Waals surface area contributed by atoms with Crippen LogP contribution in [0.25, 0.3) is 0 Å². The number of likely N-dealkylation sites (tertiary alicyclic amines) is 1. The van der Waals surface area contributed by atoms with E-state index in [1.165, 1.54) is 0 Å². The largest absolute Gasteiger partial charge is 0.464 e. The highest BCUT2D eigenvalue weighted by molar-refractivity contribution is 7.93. The van der Waals surface area contributed by atoms with E-state index in [0.29, 0.717) is 19.2 Å². The van der Waals surface area contributed by atoms with Gasteiger partial charge in [0.2, 0.25) is 0 Å². The topological polar surface area (TPSA) is 103 Å². The molecule has 0 radical (unpaired) electrons. The van der Waals surface area contributed by atoms with Crippen molar-refractivity contribution in [1.82, 2.24) is 9.88 Å². The number of halogens is 5. The number of anilines is 2. The molecule has 4 rings (SSSR count). The van der Waals surface area contributed by atoms with Crippen LogP contribution >= 0.6 is 11.3 Å². The first-order valence-electron chi connectivity index (χ1n) is 10.3. The van der Waals surface area contributed by atoms with Crippen molar-refractivity contribution >= 4 is 39.0 Å². The van der Waals surface area contributed by atoms with Crippen molar-refractivity contribution in [2.45, 2.75) is 24.4 Å². The van der Waals surface area contributed by atoms with Crippen LogP contribution in [0.3, 0.4) is 0 Å². The molecule has 1 aromatic heterocycles. The minimum Gasteiger partial charge on any atom is -0.464 e. The molecule has 0 bridgehead atoms. The zero-order valence-electron chi connectivity index (χ0n) is 18.1. The molecular formula is C21H17F5N4O4S2. The first-order chi connectivity index (χ1) is 17.0. The van der Waals surface area contributed by atoms with Crippen LogP contribution in [0, 0.1) is 29.1 Å². The van der Waals surface area contributed by atoms with Crippen LogP contribution in [0.4, 0.5) is 38.3 Å². The first-order valence-corrected chi connectivity index (χ1v) is 12.7. The maximum absolute atomic E-state index is 14.8. The molecule has 36 heavy (non-hydrogen) atoms. The van der Waals surface area contributed by atoms with Crippen molar-refractivity contribution in [3.8, 4) is 0 Å². The molecular weight excluding hydrogens is 531 g/mol. The van der Waals surface area contributed by atoms with Gasteiger partial charge in [0.25, 0.3) is 10.0 Å². The Hall–Kier alpha value is -3.30. The summed E-state index contributed by atoms with van der Waals surface area (Å²) in [6, 6.07) is 2.08. The van der Waals surface area contributed by atoms with Crippen LogP contribution in [0.5, 0.6) is 0 Å². The van der Waals surface area contributed by atoms with E-state index in [4.69, 9.17) is 0 Å². The van der Waals surface area contributed by atoms with Crippen molar-refractivity contribution in [2.75, 3.05) is 22.7 Å². The summed E-state index contributed by atoms with van der Waals surface area (Å²) in [6.07, 6.45) is -1.23. The zero-order chi connectivity index (χ0) is 26.2. The van der Waals surface area contributed by atoms with Crippen LogP contribution < -0.4 is 9.62 Å². The van der Waals surface area contributed by atoms with E-state index in [0.717, 1.165) is 40.8 Å². The lowest BCUT2D eigenvalue weighted by Gasteiger charge is -2.31. The molecule has 192 valence electrons. The Bertz CT molecular complexity index is 1420. The molecule has 1 aliphatic heterocycles. The highest BCUT2D eigenvalue weighted by Crippen LogP contribution is 2.32. The lowest BCUT2D eigenvalue weighted by Crippen LogP contribution is -2.37. The Morgan fingerprint density at radius 3 is 2.31 bits per heavy atom. The predicted octanol–water partition coefficient (Wildman–Crippen LogP) is 4.53. The first kappa shape index (κ1) is 25.8. The number of sulfonamides is 1. The number of hydrogen-bond acceptors (Lipinski definition) is 7. The number of carboxylic acid groups (broad SMARTS) is 1. The molecule has 1 fully saturated rings. The molecule has 0 unspecified atom stereocenters. The highest BCUT2D eigenvalue weighted by atomic mass is 32.2. The van der Waals surface area contributed by atoms with Gasteiger partial charge < -0.3 is 10.4 Å². The van der Waals surface area contributed by atoms with E-state index in [9.17, 15) is 40.3 Å². The third kappa shape index (κ3) is 4.73. The van der Waals surface area contributed by atoms with E-state index in [2.05, 4.69) is 10.3 Å². The Labute approximate surface area is 205 Å². The van der Waals surface area contributed by atoms with E-state index in [1.54, 1.807) is 0 Å². The second kappa shape index (κ2) is 9.99. The Morgan fingerprint density at radius 1 is 1.08 bits per heavy atom. The summed E-state index contributed by atoms with van der Waals surface area (Å²) in [4.78, 5) is 15.0. The fourth-order valence-electron chi connectivity index (χ4n) is 3.61. The maximum atomic E-state index is 14.8. The number of benzene rings is 2. The molecule has 3 aromatic rings. The van der Waals surface area contributed by atoms with Crippen molar-refractivity contribution in [1.29, 1.82) is 0 Å². The standard InChI is InChI=1S/C21H17F5N4O4S2/c22-13-2-3-14(23)12(8-29-4-1-5-29)11(13)7-27-16-6-15(24)20(19(26)18(16)25)36(33,34)30(21(31)32)17-9-35-10-28-17/h2-3,6,9-10,27H,1,4-5,7-8H2,(H,31,32). The van der Waals surface area contributed by atoms with Crippen LogP contribution in [0.1, 0.15) is 17.5 Å². The predicted molar refractivity (Wildman–Crippen MR) is 120 cm³/mol. The number of rotatable bonds is 8. The van der Waals surface area contributed by atoms with Crippen molar-refractivity contribution in [3.63, 3.8) is 0 Å². The third-order valence-corrected chi connectivity index (χ3v) is 7.81. The number of hydrogen-bond donors (Lipinski definition) is 2. The van der Waals surface area contributed by atoms with Crippen LogP contribution in [0.2, 0.25) is 0 Å². The summed E-state index contributed by atoms with van der Waals surface area (Å²) >= 11 is 0.814. The molecule has 1 aliphatic rings. The quantitative estimate of drug-likeness (QED) is 0.315. The molecule has 0 spiro atoms. The molecule has 0 aliphatic carbocycles. The molecule has 0 saturated carbocycles. The average Bonchev–Trinajstić information content (AvgIpc) is 3.28. The minimum atomic E-state index is -5.47. The van der Waals surface area contributed by atoms with E-state index < -0.39 is 68.1 Å². The Morgan fingerprint density at radius 2 is 1.75 bits per heavy atom. The number of aromatic nitrogens is 1. The van der Waals surface area contributed by atoms with Gasteiger partial charge in [0.15, 0.2) is 22.3 Å². The summed E-state index contributed by atoms with van der Waals surface area (Å²) < 4.78 is 98.5. The molecule has 8 nitrogen and oxygen atoms in total. The SMILES string of the molecule is O=C(O)N(c1cscn1)S(=O)(=O)c1c(F)cc(NCc2c(F)ccc(F)c2CN2CCC2)c(F)c1F. The van der Waals surface area contributed by atoms with Gasteiger partial charge in [-0.2, -0.15) is 0 Å². The number of thiazole rings is 1. The van der Waals surface area contributed by atoms with Gasteiger partial charge in [-0.3, -0.25) is 4.90 Å². The smallest absolute Gasteiger partial charge is 0.427 e. The van der Waals surface area contributed by atoms with E-state index >= 15 is 0 Å². The van der Waals surface area contributed by atoms with Crippen LogP contribution in [-0.4, -0.2) is 42.6 Å². The summed E-state index contributed by atoms with van der Waals surface area (Å²) in [6.45, 7) is 0.857. The third-order valence-electron chi connectivity index (χ3n) is 5.52. The number of nitrogens with zero attached hydrogens (tertiary/aromatic N) is 3. The lowest BCUT2D eigenvalue weighted by molar-refractivity contribution is 0.169. The normalized spacial score (nSPS) is 13.9. The van der Waals surface area contributed by atoms with Gasteiger partial charge in [-0.15, -0.1) is 15.6 Å². The van der Waals surface area contributed by atoms with Gasteiger partial charge in [-0.25, -0.2) is 40.1 Å². The molecule has 1 amide bonds. The minimum absolute atomic E-state index is 0.0110. The molecule has 1 saturated heterocycles. The number of carbonyl (C=O) groups is 1. The highest BCUT2D eigenvalue weighted by Gasteiger charge is 2.39. The van der Waals surface area contributed by atoms with Crippen LogP contribution in [-0.2, 0) is 23.1 Å². The second-order valence-electron chi connectivity index (χ2n) is 7.73. The summed E-state index contributed by atoms with van der Waals surface area (Å²) in [5.41, 5.74) is 0.00339. The molecule has 2 aromatic carbocycles. The Balaban J connectivity index is 1.67. The van der Waals surface area contributed by atoms with Gasteiger partial charge >= 0.3 is 6.09 Å². The van der Waals surface area contributed by atoms with Crippen molar-refractivity contribution < 1.29 is 40.3 Å². The number of amides is 1. The summed E-state index contributed by atoms with van der Waals surface area (Å²) in [5.74, 6) is -8.07. The Kier molecular flexibility index (Phi) is 7.15. The van der Waals surface area contributed by atoms with Gasteiger partial charge in [-0.05, 0) is 31.6 Å². The fourth-order valence-corrected chi connectivity index (χ4v) is 5.55. The zero-order valence-corrected chi connectivity index (χ0v) is 19.8. The number of nitrogens with one attached hydrogen (secondary N) is 1. The van der Waals surface area contributed by atoms with Gasteiger partial charge in [0.05, 0.1) is 11.2 Å². The van der Waals surface area contributed by atoms with Gasteiger partial charge in [0, 0.05) is 35.7 Å². The van der Waals surface area contributed by atoms with Crippen LogP contribution in [0.15, 0.2) is 34.0 Å². The molecule has 2 N–H and O–H groups in total. The fraction of sp³-hybridized carbons (Fsp3) is 0.238. The van der Waals surface area contributed by atoms with Crippen molar-refractivity contribution in [3.05, 3.63) is 69.3 Å². The molecule has 15 heteroatoms. The van der Waals surface area contributed by atoms with Gasteiger partial charge in [-0.1, -0.05) is 0 Å². The lowest BCUT2D eigenvalue weighted by atomic mass is 10.0. The second-order valence-corrected chi connectivity index (χ2v) is 10.2. The summed E-state index contributed by atoms with van der Waals surface area (Å²) in [5, 5.41) is 12.6. The molecule has 0 atom stereocenters. The average molecular weight is 549 g/mol. The van der Waals surface area contributed by atoms with Gasteiger partial charge in [0.1, 0.15) is 17.5 Å². The molecule has 2 heterocycles. The van der Waals surface area contributed by atoms with E-state index in [1.807, 2.05) is 4.90 Å².